The second-order valence-electron chi connectivity index (χ2n) is 4.50. The molecule has 1 aromatic rings. The summed E-state index contributed by atoms with van der Waals surface area (Å²) in [5.74, 6) is -0.192. The van der Waals surface area contributed by atoms with Crippen LogP contribution in [0.1, 0.15) is 15.9 Å². The Morgan fingerprint density at radius 2 is 2.05 bits per heavy atom. The Morgan fingerprint density at radius 1 is 1.40 bits per heavy atom. The van der Waals surface area contributed by atoms with E-state index in [-0.39, 0.29) is 5.56 Å². The summed E-state index contributed by atoms with van der Waals surface area (Å²) in [5.41, 5.74) is -0.237. The standard InChI is InChI=1S/C12H14N2O5S/c15-12(16)11-9(2-1-3-10(11)14(17)18)8-13-4-6-20(19)7-5-13/h1-3H,4-8H2,(H,15,16). The molecule has 1 fully saturated rings. The fourth-order valence-electron chi connectivity index (χ4n) is 2.19. The van der Waals surface area contributed by atoms with Crippen LogP contribution in [0.3, 0.4) is 0 Å². The van der Waals surface area contributed by atoms with Gasteiger partial charge in [-0.05, 0) is 5.56 Å². The molecular weight excluding hydrogens is 284 g/mol. The van der Waals surface area contributed by atoms with Gasteiger partial charge in [0.15, 0.2) is 0 Å². The Bertz CT molecular complexity index is 565. The molecule has 1 aromatic carbocycles. The summed E-state index contributed by atoms with van der Waals surface area (Å²) < 4.78 is 11.3. The van der Waals surface area contributed by atoms with E-state index < -0.39 is 27.4 Å². The summed E-state index contributed by atoms with van der Waals surface area (Å²) in [5, 5.41) is 20.1. The van der Waals surface area contributed by atoms with Crippen molar-refractivity contribution in [2.75, 3.05) is 24.6 Å². The second-order valence-corrected chi connectivity index (χ2v) is 6.19. The highest BCUT2D eigenvalue weighted by atomic mass is 32.2. The second kappa shape index (κ2) is 6.10. The number of carboxylic acids is 1. The highest BCUT2D eigenvalue weighted by Crippen LogP contribution is 2.24. The number of hydrogen-bond donors (Lipinski definition) is 1. The van der Waals surface area contributed by atoms with Crippen molar-refractivity contribution in [3.05, 3.63) is 39.4 Å². The van der Waals surface area contributed by atoms with Gasteiger partial charge >= 0.3 is 5.97 Å². The summed E-state index contributed by atoms with van der Waals surface area (Å²) in [6, 6.07) is 4.27. The highest BCUT2D eigenvalue weighted by Gasteiger charge is 2.25. The minimum Gasteiger partial charge on any atom is -0.477 e. The first-order valence-electron chi connectivity index (χ1n) is 6.06. The van der Waals surface area contributed by atoms with Gasteiger partial charge in [0, 0.05) is 48.0 Å². The van der Waals surface area contributed by atoms with Crippen LogP contribution >= 0.6 is 0 Å². The molecule has 20 heavy (non-hydrogen) atoms. The minimum atomic E-state index is -1.30. The molecule has 0 aliphatic carbocycles. The Kier molecular flexibility index (Phi) is 4.46. The smallest absolute Gasteiger partial charge is 0.343 e. The number of rotatable bonds is 4. The van der Waals surface area contributed by atoms with Crippen LogP contribution in [0, 0.1) is 10.1 Å². The van der Waals surface area contributed by atoms with Crippen LogP contribution in [0.5, 0.6) is 0 Å². The molecule has 1 heterocycles. The molecule has 2 rings (SSSR count). The molecule has 8 heteroatoms. The van der Waals surface area contributed by atoms with Crippen LogP contribution in [-0.4, -0.2) is 49.7 Å². The maximum Gasteiger partial charge on any atom is 0.343 e. The van der Waals surface area contributed by atoms with Crippen LogP contribution in [-0.2, 0) is 17.3 Å². The van der Waals surface area contributed by atoms with E-state index in [1.165, 1.54) is 12.1 Å². The molecule has 0 amide bonds. The van der Waals surface area contributed by atoms with Crippen molar-refractivity contribution < 1.29 is 19.0 Å². The van der Waals surface area contributed by atoms with Crippen LogP contribution in [0.25, 0.3) is 0 Å². The lowest BCUT2D eigenvalue weighted by molar-refractivity contribution is -0.385. The van der Waals surface area contributed by atoms with Gasteiger partial charge in [-0.25, -0.2) is 4.79 Å². The Labute approximate surface area is 117 Å². The van der Waals surface area contributed by atoms with Crippen molar-refractivity contribution in [3.63, 3.8) is 0 Å². The van der Waals surface area contributed by atoms with Crippen molar-refractivity contribution >= 4 is 22.5 Å². The number of aromatic carboxylic acids is 1. The fraction of sp³-hybridized carbons (Fsp3) is 0.417. The lowest BCUT2D eigenvalue weighted by Crippen LogP contribution is -2.37. The number of hydrogen-bond acceptors (Lipinski definition) is 5. The third-order valence-corrected chi connectivity index (χ3v) is 4.48. The zero-order chi connectivity index (χ0) is 14.7. The number of nitrogens with zero attached hydrogens (tertiary/aromatic N) is 2. The summed E-state index contributed by atoms with van der Waals surface area (Å²) in [7, 11) is -0.811. The molecule has 7 nitrogen and oxygen atoms in total. The quantitative estimate of drug-likeness (QED) is 0.653. The van der Waals surface area contributed by atoms with E-state index in [4.69, 9.17) is 0 Å². The maximum atomic E-state index is 11.3. The largest absolute Gasteiger partial charge is 0.477 e. The van der Waals surface area contributed by atoms with Gasteiger partial charge in [-0.15, -0.1) is 0 Å². The van der Waals surface area contributed by atoms with E-state index in [9.17, 15) is 24.2 Å². The van der Waals surface area contributed by atoms with Gasteiger partial charge < -0.3 is 5.11 Å². The van der Waals surface area contributed by atoms with Crippen molar-refractivity contribution in [2.45, 2.75) is 6.54 Å². The third-order valence-electron chi connectivity index (χ3n) is 3.20. The van der Waals surface area contributed by atoms with Gasteiger partial charge in [0.1, 0.15) is 5.56 Å². The van der Waals surface area contributed by atoms with Crippen LogP contribution in [0.4, 0.5) is 5.69 Å². The predicted octanol–water partition coefficient (Wildman–Crippen LogP) is 0.857. The van der Waals surface area contributed by atoms with Crippen LogP contribution in [0.15, 0.2) is 18.2 Å². The van der Waals surface area contributed by atoms with Gasteiger partial charge in [-0.1, -0.05) is 12.1 Å². The van der Waals surface area contributed by atoms with Gasteiger partial charge in [-0.3, -0.25) is 19.2 Å². The predicted molar refractivity (Wildman–Crippen MR) is 73.2 cm³/mol. The SMILES string of the molecule is O=C(O)c1c(CN2CCS(=O)CC2)cccc1[N+](=O)[O-]. The number of nitro benzene ring substituents is 1. The van der Waals surface area contributed by atoms with Crippen molar-refractivity contribution in [3.8, 4) is 0 Å². The van der Waals surface area contributed by atoms with E-state index in [0.717, 1.165) is 0 Å². The van der Waals surface area contributed by atoms with E-state index in [0.29, 0.717) is 36.7 Å². The van der Waals surface area contributed by atoms with Crippen molar-refractivity contribution in [1.29, 1.82) is 0 Å². The summed E-state index contributed by atoms with van der Waals surface area (Å²) >= 11 is 0. The van der Waals surface area contributed by atoms with Gasteiger partial charge in [0.2, 0.25) is 0 Å². The zero-order valence-corrected chi connectivity index (χ0v) is 11.5. The normalized spacial score (nSPS) is 17.0. The van der Waals surface area contributed by atoms with Crippen molar-refractivity contribution in [1.82, 2.24) is 4.90 Å². The summed E-state index contributed by atoms with van der Waals surface area (Å²) in [6.45, 7) is 1.53. The topological polar surface area (TPSA) is 101 Å². The molecule has 1 N–H and O–H groups in total. The number of carboxylic acid groups (broad SMARTS) is 1. The average molecular weight is 298 g/mol. The molecule has 108 valence electrons. The van der Waals surface area contributed by atoms with E-state index in [1.54, 1.807) is 6.07 Å². The van der Waals surface area contributed by atoms with Gasteiger partial charge in [0.05, 0.1) is 4.92 Å². The Morgan fingerprint density at radius 3 is 2.60 bits per heavy atom. The maximum absolute atomic E-state index is 11.3. The molecule has 0 aromatic heterocycles. The van der Waals surface area contributed by atoms with Crippen LogP contribution < -0.4 is 0 Å². The molecule has 1 aliphatic rings. The molecule has 1 saturated heterocycles. The molecule has 0 atom stereocenters. The molecule has 0 unspecified atom stereocenters. The molecule has 1 aliphatic heterocycles. The average Bonchev–Trinajstić information content (AvgIpc) is 2.40. The molecule has 0 bridgehead atoms. The minimum absolute atomic E-state index is 0.260. The van der Waals surface area contributed by atoms with Crippen molar-refractivity contribution in [2.24, 2.45) is 0 Å². The number of carbonyl (C=O) groups is 1. The first-order valence-corrected chi connectivity index (χ1v) is 7.54. The van der Waals surface area contributed by atoms with E-state index in [1.807, 2.05) is 4.90 Å². The summed E-state index contributed by atoms with van der Waals surface area (Å²) in [6.07, 6.45) is 0. The monoisotopic (exact) mass is 298 g/mol. The first-order chi connectivity index (χ1) is 9.49. The molecule has 0 saturated carbocycles. The lowest BCUT2D eigenvalue weighted by atomic mass is 10.0. The van der Waals surface area contributed by atoms with Gasteiger partial charge in [-0.2, -0.15) is 0 Å². The summed E-state index contributed by atoms with van der Waals surface area (Å²) in [4.78, 5) is 23.5. The lowest BCUT2D eigenvalue weighted by Gasteiger charge is -2.26. The Balaban J connectivity index is 2.27. The van der Waals surface area contributed by atoms with Crippen LogP contribution in [0.2, 0.25) is 0 Å². The fourth-order valence-corrected chi connectivity index (χ4v) is 3.32. The third kappa shape index (κ3) is 3.20. The number of nitro groups is 1. The molecule has 0 radical (unpaired) electrons. The molecular formula is C12H14N2O5S. The first kappa shape index (κ1) is 14.6. The van der Waals surface area contributed by atoms with E-state index in [2.05, 4.69) is 0 Å². The Hall–Kier alpha value is -1.80. The molecule has 0 spiro atoms. The van der Waals surface area contributed by atoms with E-state index >= 15 is 0 Å². The number of benzene rings is 1. The highest BCUT2D eigenvalue weighted by molar-refractivity contribution is 7.85. The zero-order valence-electron chi connectivity index (χ0n) is 10.7. The van der Waals surface area contributed by atoms with Gasteiger partial charge in [0.25, 0.3) is 5.69 Å².